The highest BCUT2D eigenvalue weighted by atomic mass is 13.9. The van der Waals surface area contributed by atoms with Gasteiger partial charge in [0.2, 0.25) is 0 Å². The van der Waals surface area contributed by atoms with E-state index in [4.69, 9.17) is 0 Å². The Labute approximate surface area is 118 Å². The largest absolute Gasteiger partial charge is 0.0776 e. The van der Waals surface area contributed by atoms with Crippen molar-refractivity contribution in [3.05, 3.63) is 0 Å². The molecule has 0 aromatic carbocycles. The van der Waals surface area contributed by atoms with E-state index >= 15 is 0 Å². The molecule has 0 aromatic heterocycles. The minimum atomic E-state index is 0. The summed E-state index contributed by atoms with van der Waals surface area (Å²) in [4.78, 5) is 0. The van der Waals surface area contributed by atoms with Gasteiger partial charge >= 0.3 is 0 Å². The highest BCUT2D eigenvalue weighted by molar-refractivity contribution is 4.41. The fraction of sp³-hybridized carbons (Fsp3) is 1.00. The van der Waals surface area contributed by atoms with Crippen molar-refractivity contribution in [2.24, 2.45) is 11.8 Å². The molecule has 0 aliphatic carbocycles. The van der Waals surface area contributed by atoms with Gasteiger partial charge in [-0.1, -0.05) is 105 Å². The average Bonchev–Trinajstić information content (AvgIpc) is 2.04. The molecule has 0 fully saturated rings. The smallest absolute Gasteiger partial charge is 0.0448 e. The van der Waals surface area contributed by atoms with Gasteiger partial charge in [-0.15, -0.1) is 0 Å². The van der Waals surface area contributed by atoms with E-state index in [0.29, 0.717) is 0 Å². The molecule has 0 unspecified atom stereocenters. The zero-order chi connectivity index (χ0) is 9.28. The second kappa shape index (κ2) is 44.4. The summed E-state index contributed by atoms with van der Waals surface area (Å²) in [5, 5.41) is 0. The van der Waals surface area contributed by atoms with Gasteiger partial charge in [-0.05, 0) is 11.8 Å². The molecule has 0 atom stereocenters. The monoisotopic (exact) mass is 254 g/mol. The molecule has 0 radical (unpaired) electrons. The predicted molar refractivity (Wildman–Crippen MR) is 95.3 cm³/mol. The maximum Gasteiger partial charge on any atom is -0.0448 e. The van der Waals surface area contributed by atoms with Crippen LogP contribution in [0.4, 0.5) is 0 Å². The Balaban J connectivity index is -0.0000000118. The number of hydrogen-bond acceptors (Lipinski definition) is 0. The maximum atomic E-state index is 2.28. The van der Waals surface area contributed by atoms with E-state index in [0.717, 1.165) is 11.8 Å². The Morgan fingerprint density at radius 3 is 0.706 bits per heavy atom. The van der Waals surface area contributed by atoms with E-state index in [1.165, 1.54) is 19.3 Å². The highest BCUT2D eigenvalue weighted by Crippen LogP contribution is 2.02. The van der Waals surface area contributed by atoms with Crippen LogP contribution in [-0.2, 0) is 0 Å². The van der Waals surface area contributed by atoms with Gasteiger partial charge in [0.05, 0.1) is 0 Å². The number of hydrogen-bond donors (Lipinski definition) is 0. The summed E-state index contributed by atoms with van der Waals surface area (Å²) in [5.74, 6) is 1.82. The molecule has 0 aliphatic heterocycles. The van der Waals surface area contributed by atoms with Gasteiger partial charge in [-0.2, -0.15) is 0 Å². The van der Waals surface area contributed by atoms with Crippen molar-refractivity contribution < 1.29 is 0 Å². The highest BCUT2D eigenvalue weighted by Gasteiger charge is 1.88. The van der Waals surface area contributed by atoms with E-state index in [1.807, 2.05) is 0 Å². The van der Waals surface area contributed by atoms with Gasteiger partial charge in [0.15, 0.2) is 0 Å². The molecule has 0 bridgehead atoms. The zero-order valence-corrected chi connectivity index (χ0v) is 9.28. The first kappa shape index (κ1) is 53.7. The van der Waals surface area contributed by atoms with E-state index in [1.54, 1.807) is 0 Å². The average molecular weight is 255 g/mol. The predicted octanol–water partition coefficient (Wildman–Crippen LogP) is 8.31. The molecule has 0 nitrogen and oxygen atoms in total. The lowest BCUT2D eigenvalue weighted by molar-refractivity contribution is 0.544. The van der Waals surface area contributed by atoms with E-state index in [-0.39, 0.29) is 44.6 Å². The molecule has 0 heterocycles. The van der Waals surface area contributed by atoms with E-state index in [9.17, 15) is 0 Å². The first-order valence-electron chi connectivity index (χ1n) is 5.08. The summed E-state index contributed by atoms with van der Waals surface area (Å²) in [6.45, 7) is 13.4. The van der Waals surface area contributed by atoms with Crippen LogP contribution in [0.25, 0.3) is 0 Å². The van der Waals surface area contributed by atoms with Crippen LogP contribution in [-0.4, -0.2) is 0 Å². The summed E-state index contributed by atoms with van der Waals surface area (Å²) in [6.07, 6.45) is 3.97. The molecule has 0 N–H and O–H groups in total. The third-order valence-electron chi connectivity index (χ3n) is 2.21. The van der Waals surface area contributed by atoms with Crippen molar-refractivity contribution in [2.75, 3.05) is 0 Å². The topological polar surface area (TPSA) is 0 Å². The minimum absolute atomic E-state index is 0. The SMILES string of the molecule is C.C.C.C.C.C.CCC(C)C.CCC(C)CC. The molecule has 0 aromatic rings. The lowest BCUT2D eigenvalue weighted by atomic mass is 10.1. The van der Waals surface area contributed by atoms with Crippen molar-refractivity contribution in [2.45, 2.75) is 105 Å². The van der Waals surface area contributed by atoms with Crippen LogP contribution in [0.5, 0.6) is 0 Å². The summed E-state index contributed by atoms with van der Waals surface area (Å²) in [6, 6.07) is 0. The lowest BCUT2D eigenvalue weighted by Gasteiger charge is -1.98. The maximum absolute atomic E-state index is 2.28. The standard InChI is InChI=1S/C6H14.C5H12.6CH4/c1-4-6(3)5-2;1-4-5(2)3;;;;;;/h6H,4-5H2,1-3H3;5H,4H2,1-3H3;6*1H4. The second-order valence-corrected chi connectivity index (χ2v) is 3.72. The van der Waals surface area contributed by atoms with Gasteiger partial charge < -0.3 is 0 Å². The van der Waals surface area contributed by atoms with Crippen molar-refractivity contribution in [3.8, 4) is 0 Å². The summed E-state index contributed by atoms with van der Waals surface area (Å²) >= 11 is 0. The molecule has 17 heavy (non-hydrogen) atoms. The van der Waals surface area contributed by atoms with Crippen molar-refractivity contribution in [1.82, 2.24) is 0 Å². The van der Waals surface area contributed by atoms with Crippen molar-refractivity contribution >= 4 is 0 Å². The molecular weight excluding hydrogens is 204 g/mol. The van der Waals surface area contributed by atoms with Gasteiger partial charge in [-0.3, -0.25) is 0 Å². The molecular formula is C17H50. The van der Waals surface area contributed by atoms with Crippen LogP contribution in [0.2, 0.25) is 0 Å². The quantitative estimate of drug-likeness (QED) is 0.475. The molecule has 0 saturated carbocycles. The molecule has 0 rings (SSSR count). The molecule has 0 aliphatic rings. The summed E-state index contributed by atoms with van der Waals surface area (Å²) < 4.78 is 0. The molecule has 0 heteroatoms. The zero-order valence-electron chi connectivity index (χ0n) is 9.28. The Bertz CT molecular complexity index is 51.1. The van der Waals surface area contributed by atoms with Gasteiger partial charge in [0.1, 0.15) is 0 Å². The minimum Gasteiger partial charge on any atom is -0.0776 e. The van der Waals surface area contributed by atoms with Crippen LogP contribution in [0.3, 0.4) is 0 Å². The molecule has 0 amide bonds. The van der Waals surface area contributed by atoms with E-state index < -0.39 is 0 Å². The fourth-order valence-corrected chi connectivity index (χ4v) is 0.289. The van der Waals surface area contributed by atoms with E-state index in [2.05, 4.69) is 41.5 Å². The lowest BCUT2D eigenvalue weighted by Crippen LogP contribution is -1.85. The fourth-order valence-electron chi connectivity index (χ4n) is 0.289. The van der Waals surface area contributed by atoms with Crippen molar-refractivity contribution in [3.63, 3.8) is 0 Å². The third-order valence-corrected chi connectivity index (χ3v) is 2.21. The third kappa shape index (κ3) is 87.1. The Hall–Kier alpha value is 0. The number of rotatable bonds is 3. The Kier molecular flexibility index (Phi) is 140. The van der Waals surface area contributed by atoms with Crippen LogP contribution in [0, 0.1) is 11.8 Å². The first-order chi connectivity index (χ1) is 5.08. The molecule has 118 valence electrons. The van der Waals surface area contributed by atoms with Gasteiger partial charge in [-0.25, -0.2) is 0 Å². The first-order valence-corrected chi connectivity index (χ1v) is 5.08. The second-order valence-electron chi connectivity index (χ2n) is 3.72. The van der Waals surface area contributed by atoms with Crippen LogP contribution in [0.15, 0.2) is 0 Å². The normalized spacial score (nSPS) is 6.35. The van der Waals surface area contributed by atoms with Crippen LogP contribution >= 0.6 is 0 Å². The summed E-state index contributed by atoms with van der Waals surface area (Å²) in [7, 11) is 0. The van der Waals surface area contributed by atoms with Gasteiger partial charge in [0, 0.05) is 0 Å². The Morgan fingerprint density at radius 1 is 0.529 bits per heavy atom. The summed E-state index contributed by atoms with van der Waals surface area (Å²) in [5.41, 5.74) is 0. The van der Waals surface area contributed by atoms with Crippen LogP contribution < -0.4 is 0 Å². The molecule has 0 saturated heterocycles. The van der Waals surface area contributed by atoms with Gasteiger partial charge in [0.25, 0.3) is 0 Å². The molecule has 0 spiro atoms. The van der Waals surface area contributed by atoms with Crippen molar-refractivity contribution in [1.29, 1.82) is 0 Å². The van der Waals surface area contributed by atoms with Crippen LogP contribution in [0.1, 0.15) is 105 Å². The Morgan fingerprint density at radius 2 is 0.706 bits per heavy atom.